The summed E-state index contributed by atoms with van der Waals surface area (Å²) in [7, 11) is 0. The number of aromatic amines is 1. The third-order valence-electron chi connectivity index (χ3n) is 2.62. The van der Waals surface area contributed by atoms with Crippen molar-refractivity contribution in [2.24, 2.45) is 0 Å². The van der Waals surface area contributed by atoms with Crippen LogP contribution in [0, 0.1) is 0 Å². The Labute approximate surface area is 107 Å². The van der Waals surface area contributed by atoms with Gasteiger partial charge in [0, 0.05) is 4.88 Å². The zero-order valence-electron chi connectivity index (χ0n) is 9.51. The summed E-state index contributed by atoms with van der Waals surface area (Å²) in [5, 5.41) is 5.76. The molecule has 3 rings (SSSR count). The van der Waals surface area contributed by atoms with E-state index in [1.165, 1.54) is 4.88 Å². The Kier molecular flexibility index (Phi) is 2.82. The van der Waals surface area contributed by atoms with E-state index in [1.807, 2.05) is 35.7 Å². The molecule has 0 amide bonds. The van der Waals surface area contributed by atoms with Crippen molar-refractivity contribution in [1.29, 1.82) is 0 Å². The molecule has 3 aromatic rings. The first-order chi connectivity index (χ1) is 8.83. The summed E-state index contributed by atoms with van der Waals surface area (Å²) < 4.78 is 0. The van der Waals surface area contributed by atoms with Gasteiger partial charge in [-0.1, -0.05) is 18.2 Å². The van der Waals surface area contributed by atoms with Gasteiger partial charge in [-0.05, 0) is 23.6 Å². The van der Waals surface area contributed by atoms with Crippen LogP contribution < -0.4 is 10.9 Å². The minimum atomic E-state index is -0.116. The maximum atomic E-state index is 11.8. The molecule has 2 heterocycles. The lowest BCUT2D eigenvalue weighted by atomic mass is 10.2. The molecular weight excluding hydrogens is 246 g/mol. The van der Waals surface area contributed by atoms with Gasteiger partial charge in [0.2, 0.25) is 5.95 Å². The molecule has 0 saturated heterocycles. The van der Waals surface area contributed by atoms with Crippen molar-refractivity contribution in [3.63, 3.8) is 0 Å². The van der Waals surface area contributed by atoms with Crippen LogP contribution in [-0.4, -0.2) is 9.97 Å². The van der Waals surface area contributed by atoms with Crippen LogP contribution >= 0.6 is 11.3 Å². The van der Waals surface area contributed by atoms with Gasteiger partial charge in [0.15, 0.2) is 0 Å². The molecule has 0 atom stereocenters. The van der Waals surface area contributed by atoms with Crippen molar-refractivity contribution in [2.75, 3.05) is 5.32 Å². The Balaban J connectivity index is 1.91. The van der Waals surface area contributed by atoms with Crippen LogP contribution in [0.25, 0.3) is 10.9 Å². The molecule has 2 N–H and O–H groups in total. The molecule has 2 aromatic heterocycles. The van der Waals surface area contributed by atoms with E-state index >= 15 is 0 Å². The summed E-state index contributed by atoms with van der Waals surface area (Å²) in [6.07, 6.45) is 0. The molecule has 4 nitrogen and oxygen atoms in total. The lowest BCUT2D eigenvalue weighted by molar-refractivity contribution is 1.07. The standard InChI is InChI=1S/C13H11N3OS/c17-12-10-5-1-2-6-11(10)15-13(16-12)14-8-9-4-3-7-18-9/h1-7H,8H2,(H2,14,15,16,17). The second-order valence-corrected chi connectivity index (χ2v) is 4.90. The smallest absolute Gasteiger partial charge is 0.260 e. The molecule has 1 aromatic carbocycles. The molecule has 0 aliphatic heterocycles. The molecule has 0 spiro atoms. The number of H-pyrrole nitrogens is 1. The number of rotatable bonds is 3. The topological polar surface area (TPSA) is 57.8 Å². The van der Waals surface area contributed by atoms with Crippen LogP contribution in [0.5, 0.6) is 0 Å². The van der Waals surface area contributed by atoms with Crippen LogP contribution in [-0.2, 0) is 6.54 Å². The molecule has 0 aliphatic carbocycles. The van der Waals surface area contributed by atoms with E-state index < -0.39 is 0 Å². The van der Waals surface area contributed by atoms with Crippen molar-refractivity contribution < 1.29 is 0 Å². The Morgan fingerprint density at radius 3 is 2.94 bits per heavy atom. The SMILES string of the molecule is O=c1[nH]c(NCc2cccs2)nc2ccccc12. The zero-order chi connectivity index (χ0) is 12.4. The molecular formula is C13H11N3OS. The number of aromatic nitrogens is 2. The predicted molar refractivity (Wildman–Crippen MR) is 74.0 cm³/mol. The summed E-state index contributed by atoms with van der Waals surface area (Å²) in [6, 6.07) is 11.3. The van der Waals surface area contributed by atoms with Crippen LogP contribution in [0.4, 0.5) is 5.95 Å². The Hall–Kier alpha value is -2.14. The van der Waals surface area contributed by atoms with Crippen LogP contribution in [0.3, 0.4) is 0 Å². The number of hydrogen-bond acceptors (Lipinski definition) is 4. The maximum Gasteiger partial charge on any atom is 0.260 e. The molecule has 18 heavy (non-hydrogen) atoms. The van der Waals surface area contributed by atoms with Gasteiger partial charge in [0.1, 0.15) is 0 Å². The molecule has 0 bridgehead atoms. The second kappa shape index (κ2) is 4.62. The molecule has 0 unspecified atom stereocenters. The molecule has 0 fully saturated rings. The van der Waals surface area contributed by atoms with E-state index in [0.29, 0.717) is 23.4 Å². The first kappa shape index (κ1) is 11.0. The molecule has 0 radical (unpaired) electrons. The number of thiophene rings is 1. The highest BCUT2D eigenvalue weighted by Gasteiger charge is 2.02. The molecule has 5 heteroatoms. The third-order valence-corrected chi connectivity index (χ3v) is 3.50. The number of nitrogens with one attached hydrogen (secondary N) is 2. The lowest BCUT2D eigenvalue weighted by Crippen LogP contribution is -2.12. The average molecular weight is 257 g/mol. The minimum absolute atomic E-state index is 0.116. The summed E-state index contributed by atoms with van der Waals surface area (Å²) in [4.78, 5) is 20.1. The first-order valence-corrected chi connectivity index (χ1v) is 6.46. The van der Waals surface area contributed by atoms with E-state index in [-0.39, 0.29) is 5.56 Å². The Morgan fingerprint density at radius 2 is 2.11 bits per heavy atom. The fraction of sp³-hybridized carbons (Fsp3) is 0.0769. The number of fused-ring (bicyclic) bond motifs is 1. The zero-order valence-corrected chi connectivity index (χ0v) is 10.3. The van der Waals surface area contributed by atoms with Gasteiger partial charge in [0.25, 0.3) is 5.56 Å². The van der Waals surface area contributed by atoms with Crippen molar-refractivity contribution in [3.8, 4) is 0 Å². The third kappa shape index (κ3) is 2.12. The summed E-state index contributed by atoms with van der Waals surface area (Å²) >= 11 is 1.67. The summed E-state index contributed by atoms with van der Waals surface area (Å²) in [6.45, 7) is 0.666. The van der Waals surface area contributed by atoms with E-state index in [1.54, 1.807) is 17.4 Å². The fourth-order valence-electron chi connectivity index (χ4n) is 1.75. The van der Waals surface area contributed by atoms with E-state index in [9.17, 15) is 4.79 Å². The van der Waals surface area contributed by atoms with Gasteiger partial charge in [-0.2, -0.15) is 0 Å². The van der Waals surface area contributed by atoms with Gasteiger partial charge in [-0.15, -0.1) is 11.3 Å². The highest BCUT2D eigenvalue weighted by atomic mass is 32.1. The van der Waals surface area contributed by atoms with Crippen molar-refractivity contribution in [1.82, 2.24) is 9.97 Å². The first-order valence-electron chi connectivity index (χ1n) is 5.58. The van der Waals surface area contributed by atoms with Gasteiger partial charge in [-0.3, -0.25) is 9.78 Å². The largest absolute Gasteiger partial charge is 0.351 e. The number of para-hydroxylation sites is 1. The van der Waals surface area contributed by atoms with Crippen molar-refractivity contribution in [2.45, 2.75) is 6.54 Å². The van der Waals surface area contributed by atoms with Gasteiger partial charge >= 0.3 is 0 Å². The Morgan fingerprint density at radius 1 is 1.22 bits per heavy atom. The second-order valence-electron chi connectivity index (χ2n) is 3.86. The van der Waals surface area contributed by atoms with E-state index in [2.05, 4.69) is 15.3 Å². The number of hydrogen-bond donors (Lipinski definition) is 2. The molecule has 0 saturated carbocycles. The highest BCUT2D eigenvalue weighted by Crippen LogP contribution is 2.11. The fourth-order valence-corrected chi connectivity index (χ4v) is 2.40. The van der Waals surface area contributed by atoms with E-state index in [0.717, 1.165) is 0 Å². The van der Waals surface area contributed by atoms with Gasteiger partial charge in [0.05, 0.1) is 17.4 Å². The van der Waals surface area contributed by atoms with Crippen LogP contribution in [0.15, 0.2) is 46.6 Å². The maximum absolute atomic E-state index is 11.8. The number of anilines is 1. The molecule has 90 valence electrons. The molecule has 0 aliphatic rings. The van der Waals surface area contributed by atoms with Crippen LogP contribution in [0.1, 0.15) is 4.88 Å². The quantitative estimate of drug-likeness (QED) is 0.758. The predicted octanol–water partition coefficient (Wildman–Crippen LogP) is 2.60. The van der Waals surface area contributed by atoms with Crippen molar-refractivity contribution in [3.05, 3.63) is 57.0 Å². The van der Waals surface area contributed by atoms with Gasteiger partial charge < -0.3 is 5.32 Å². The van der Waals surface area contributed by atoms with Crippen LogP contribution in [0.2, 0.25) is 0 Å². The van der Waals surface area contributed by atoms with E-state index in [4.69, 9.17) is 0 Å². The number of nitrogens with zero attached hydrogens (tertiary/aromatic N) is 1. The average Bonchev–Trinajstić information content (AvgIpc) is 2.90. The lowest BCUT2D eigenvalue weighted by Gasteiger charge is -2.04. The normalized spacial score (nSPS) is 10.7. The minimum Gasteiger partial charge on any atom is -0.351 e. The highest BCUT2D eigenvalue weighted by molar-refractivity contribution is 7.09. The summed E-state index contributed by atoms with van der Waals surface area (Å²) in [5.41, 5.74) is 0.587. The Bertz CT molecular complexity index is 718. The van der Waals surface area contributed by atoms with Gasteiger partial charge in [-0.25, -0.2) is 4.98 Å². The van der Waals surface area contributed by atoms with Crippen molar-refractivity contribution >= 4 is 28.2 Å². The summed E-state index contributed by atoms with van der Waals surface area (Å²) in [5.74, 6) is 0.507. The monoisotopic (exact) mass is 257 g/mol. The number of benzene rings is 1.